The van der Waals surface area contributed by atoms with Crippen molar-refractivity contribution in [2.24, 2.45) is 0 Å². The average molecular weight is 414 g/mol. The van der Waals surface area contributed by atoms with Gasteiger partial charge < -0.3 is 11.1 Å². The fourth-order valence-electron chi connectivity index (χ4n) is 2.79. The number of nitrogens with one attached hydrogen (secondary N) is 1. The SMILES string of the molecule is N#Cc1c(CCCNC(=O)c2cc(Cl)cc(Cl)c2)nn(-c2ccccc2)c1N. The molecule has 0 saturated heterocycles. The van der Waals surface area contributed by atoms with E-state index in [4.69, 9.17) is 28.9 Å². The number of hydrogen-bond donors (Lipinski definition) is 2. The molecule has 0 spiro atoms. The highest BCUT2D eigenvalue weighted by molar-refractivity contribution is 6.35. The first-order valence-corrected chi connectivity index (χ1v) is 9.32. The molecular weight excluding hydrogens is 397 g/mol. The molecule has 3 N–H and O–H groups in total. The van der Waals surface area contributed by atoms with Crippen LogP contribution in [0.3, 0.4) is 0 Å². The van der Waals surface area contributed by atoms with E-state index in [1.807, 2.05) is 30.3 Å². The van der Waals surface area contributed by atoms with Crippen LogP contribution in [-0.2, 0) is 6.42 Å². The third kappa shape index (κ3) is 4.45. The quantitative estimate of drug-likeness (QED) is 0.596. The molecule has 0 fully saturated rings. The summed E-state index contributed by atoms with van der Waals surface area (Å²) in [5.74, 6) is 0.0422. The van der Waals surface area contributed by atoms with Gasteiger partial charge in [-0.15, -0.1) is 0 Å². The number of amides is 1. The van der Waals surface area contributed by atoms with E-state index < -0.39 is 0 Å². The fraction of sp³-hybridized carbons (Fsp3) is 0.150. The molecule has 1 heterocycles. The van der Waals surface area contributed by atoms with Crippen molar-refractivity contribution >= 4 is 34.9 Å². The van der Waals surface area contributed by atoms with Crippen molar-refractivity contribution in [2.45, 2.75) is 12.8 Å². The van der Waals surface area contributed by atoms with Gasteiger partial charge in [-0.05, 0) is 43.2 Å². The van der Waals surface area contributed by atoms with Crippen molar-refractivity contribution in [3.63, 3.8) is 0 Å². The molecule has 1 amide bonds. The Morgan fingerprint density at radius 1 is 1.18 bits per heavy atom. The van der Waals surface area contributed by atoms with Crippen molar-refractivity contribution in [3.05, 3.63) is 75.4 Å². The number of aromatic nitrogens is 2. The Labute approximate surface area is 172 Å². The summed E-state index contributed by atoms with van der Waals surface area (Å²) in [6.07, 6.45) is 1.10. The molecule has 0 aliphatic heterocycles. The van der Waals surface area contributed by atoms with Crippen LogP contribution in [0.5, 0.6) is 0 Å². The molecule has 3 rings (SSSR count). The smallest absolute Gasteiger partial charge is 0.251 e. The van der Waals surface area contributed by atoms with Gasteiger partial charge in [0.2, 0.25) is 0 Å². The standard InChI is InChI=1S/C20H17Cl2N5O/c21-14-9-13(10-15(22)11-14)20(28)25-8-4-7-18-17(12-23)19(24)27(26-18)16-5-2-1-3-6-16/h1-3,5-6,9-11H,4,7-8,24H2,(H,25,28). The minimum absolute atomic E-state index is 0.265. The van der Waals surface area contributed by atoms with Crippen molar-refractivity contribution in [1.82, 2.24) is 15.1 Å². The number of nitrogens with zero attached hydrogens (tertiary/aromatic N) is 3. The highest BCUT2D eigenvalue weighted by Gasteiger charge is 2.16. The average Bonchev–Trinajstić information content (AvgIpc) is 3.00. The van der Waals surface area contributed by atoms with Crippen molar-refractivity contribution in [2.75, 3.05) is 12.3 Å². The van der Waals surface area contributed by atoms with Gasteiger partial charge in [0.25, 0.3) is 5.91 Å². The largest absolute Gasteiger partial charge is 0.382 e. The van der Waals surface area contributed by atoms with Crippen LogP contribution in [0.25, 0.3) is 5.69 Å². The number of anilines is 1. The Bertz CT molecular complexity index is 1020. The van der Waals surface area contributed by atoms with Gasteiger partial charge in [-0.1, -0.05) is 41.4 Å². The Balaban J connectivity index is 1.63. The second kappa shape index (κ2) is 8.79. The molecule has 28 heavy (non-hydrogen) atoms. The molecule has 6 nitrogen and oxygen atoms in total. The molecule has 8 heteroatoms. The summed E-state index contributed by atoms with van der Waals surface area (Å²) >= 11 is 11.8. The number of hydrogen-bond acceptors (Lipinski definition) is 4. The lowest BCUT2D eigenvalue weighted by Gasteiger charge is -2.06. The lowest BCUT2D eigenvalue weighted by atomic mass is 10.1. The number of carbonyl (C=O) groups is 1. The summed E-state index contributed by atoms with van der Waals surface area (Å²) in [6, 6.07) is 16.2. The molecule has 0 atom stereocenters. The van der Waals surface area contributed by atoms with E-state index in [0.717, 1.165) is 5.69 Å². The molecule has 0 aliphatic carbocycles. The molecule has 0 unspecified atom stereocenters. The van der Waals surface area contributed by atoms with E-state index in [1.54, 1.807) is 22.9 Å². The van der Waals surface area contributed by atoms with Gasteiger partial charge in [0.15, 0.2) is 0 Å². The van der Waals surface area contributed by atoms with Gasteiger partial charge in [-0.25, -0.2) is 4.68 Å². The van der Waals surface area contributed by atoms with E-state index in [0.29, 0.717) is 52.1 Å². The zero-order valence-electron chi connectivity index (χ0n) is 14.8. The van der Waals surface area contributed by atoms with Crippen LogP contribution in [0, 0.1) is 11.3 Å². The number of benzene rings is 2. The predicted octanol–water partition coefficient (Wildman–Crippen LogP) is 4.00. The van der Waals surface area contributed by atoms with Crippen LogP contribution in [-0.4, -0.2) is 22.2 Å². The van der Waals surface area contributed by atoms with Crippen molar-refractivity contribution in [1.29, 1.82) is 5.26 Å². The zero-order valence-corrected chi connectivity index (χ0v) is 16.3. The molecular formula is C20H17Cl2N5O. The van der Waals surface area contributed by atoms with Crippen LogP contribution in [0.2, 0.25) is 10.0 Å². The number of aryl methyl sites for hydroxylation is 1. The number of nitrogens with two attached hydrogens (primary N) is 1. The lowest BCUT2D eigenvalue weighted by molar-refractivity contribution is 0.0953. The summed E-state index contributed by atoms with van der Waals surface area (Å²) in [5, 5.41) is 17.5. The van der Waals surface area contributed by atoms with E-state index >= 15 is 0 Å². The highest BCUT2D eigenvalue weighted by atomic mass is 35.5. The monoisotopic (exact) mass is 413 g/mol. The summed E-state index contributed by atoms with van der Waals surface area (Å²) in [6.45, 7) is 0.409. The topological polar surface area (TPSA) is 96.7 Å². The Morgan fingerprint density at radius 2 is 1.86 bits per heavy atom. The lowest BCUT2D eigenvalue weighted by Crippen LogP contribution is -2.24. The van der Waals surface area contributed by atoms with E-state index in [1.165, 1.54) is 0 Å². The Morgan fingerprint density at radius 3 is 2.50 bits per heavy atom. The normalized spacial score (nSPS) is 10.5. The minimum Gasteiger partial charge on any atom is -0.382 e. The third-order valence-electron chi connectivity index (χ3n) is 4.11. The fourth-order valence-corrected chi connectivity index (χ4v) is 3.31. The van der Waals surface area contributed by atoms with Gasteiger partial charge in [0.1, 0.15) is 17.5 Å². The van der Waals surface area contributed by atoms with Gasteiger partial charge in [-0.2, -0.15) is 10.4 Å². The number of rotatable bonds is 6. The second-order valence-electron chi connectivity index (χ2n) is 6.08. The van der Waals surface area contributed by atoms with Crippen LogP contribution in [0.15, 0.2) is 48.5 Å². The van der Waals surface area contributed by atoms with Crippen LogP contribution >= 0.6 is 23.2 Å². The minimum atomic E-state index is -0.265. The van der Waals surface area contributed by atoms with E-state index in [2.05, 4.69) is 16.5 Å². The maximum absolute atomic E-state index is 12.2. The van der Waals surface area contributed by atoms with Crippen LogP contribution in [0.4, 0.5) is 5.82 Å². The molecule has 142 valence electrons. The van der Waals surface area contributed by atoms with Crippen molar-refractivity contribution < 1.29 is 4.79 Å². The maximum Gasteiger partial charge on any atom is 0.251 e. The summed E-state index contributed by atoms with van der Waals surface area (Å²) in [5.41, 5.74) is 8.23. The molecule has 0 radical (unpaired) electrons. The van der Waals surface area contributed by atoms with Gasteiger partial charge >= 0.3 is 0 Å². The highest BCUT2D eigenvalue weighted by Crippen LogP contribution is 2.21. The van der Waals surface area contributed by atoms with E-state index in [-0.39, 0.29) is 5.91 Å². The van der Waals surface area contributed by atoms with E-state index in [9.17, 15) is 10.1 Å². The first kappa shape index (κ1) is 19.7. The Hall–Kier alpha value is -3.01. The number of carbonyl (C=O) groups excluding carboxylic acids is 1. The van der Waals surface area contributed by atoms with Gasteiger partial charge in [0.05, 0.1) is 11.4 Å². The molecule has 0 bridgehead atoms. The van der Waals surface area contributed by atoms with Crippen molar-refractivity contribution in [3.8, 4) is 11.8 Å². The first-order valence-electron chi connectivity index (χ1n) is 8.57. The molecule has 1 aromatic heterocycles. The predicted molar refractivity (Wildman–Crippen MR) is 110 cm³/mol. The summed E-state index contributed by atoms with van der Waals surface area (Å²) in [4.78, 5) is 12.2. The van der Waals surface area contributed by atoms with Gasteiger partial charge in [-0.3, -0.25) is 4.79 Å². The zero-order chi connectivity index (χ0) is 20.1. The Kier molecular flexibility index (Phi) is 6.19. The van der Waals surface area contributed by atoms with Crippen LogP contribution < -0.4 is 11.1 Å². The summed E-state index contributed by atoms with van der Waals surface area (Å²) < 4.78 is 1.56. The summed E-state index contributed by atoms with van der Waals surface area (Å²) in [7, 11) is 0. The second-order valence-corrected chi connectivity index (χ2v) is 6.96. The molecule has 2 aromatic carbocycles. The van der Waals surface area contributed by atoms with Gasteiger partial charge in [0, 0.05) is 22.2 Å². The maximum atomic E-state index is 12.2. The number of nitrogen functional groups attached to an aromatic ring is 1. The molecule has 0 aliphatic rings. The number of halogens is 2. The number of nitriles is 1. The third-order valence-corrected chi connectivity index (χ3v) is 4.54. The molecule has 0 saturated carbocycles. The van der Waals surface area contributed by atoms with Crippen LogP contribution in [0.1, 0.15) is 28.0 Å². The number of para-hydroxylation sites is 1. The first-order chi connectivity index (χ1) is 13.5. The molecule has 3 aromatic rings.